The highest BCUT2D eigenvalue weighted by Gasteiger charge is 2.31. The van der Waals surface area contributed by atoms with Crippen LogP contribution in [0.4, 0.5) is 0 Å². The zero-order valence-corrected chi connectivity index (χ0v) is 15.0. The van der Waals surface area contributed by atoms with E-state index in [4.69, 9.17) is 21.4 Å². The number of halogens is 1. The Morgan fingerprint density at radius 2 is 2.29 bits per heavy atom. The Morgan fingerprint density at radius 3 is 2.96 bits per heavy atom. The lowest BCUT2D eigenvalue weighted by molar-refractivity contribution is -0.122. The van der Waals surface area contributed by atoms with Gasteiger partial charge in [0.1, 0.15) is 11.5 Å². The van der Waals surface area contributed by atoms with Gasteiger partial charge in [-0.1, -0.05) is 15.9 Å². The first-order chi connectivity index (χ1) is 11.5. The smallest absolute Gasteiger partial charge is 0.276 e. The van der Waals surface area contributed by atoms with E-state index in [-0.39, 0.29) is 18.2 Å². The van der Waals surface area contributed by atoms with Gasteiger partial charge in [0.25, 0.3) is 5.91 Å². The second-order valence-electron chi connectivity index (χ2n) is 5.00. The molecule has 1 aliphatic rings. The molecule has 1 amide bonds. The van der Waals surface area contributed by atoms with E-state index in [1.165, 1.54) is 18.1 Å². The van der Waals surface area contributed by atoms with Gasteiger partial charge in [0, 0.05) is 4.47 Å². The molecule has 1 aromatic heterocycles. The number of thiocarbonyl (C=S) groups is 1. The first-order valence-corrected chi connectivity index (χ1v) is 8.13. The molecule has 0 aliphatic carbocycles. The lowest BCUT2D eigenvalue weighted by atomic mass is 10.1. The number of hydrogen-bond donors (Lipinski definition) is 2. The standard InChI is InChI=1S/C16H13BrN2O4S/c1-22-14-7-11(17)9(6-13(14)20)5-12-15(21)19(16(24)18-12)8-10-3-2-4-23-10/h2-7,20H,8H2,1H3,(H,18,24). The third kappa shape index (κ3) is 3.15. The van der Waals surface area contributed by atoms with Gasteiger partial charge in [-0.15, -0.1) is 0 Å². The highest BCUT2D eigenvalue weighted by atomic mass is 79.9. The third-order valence-corrected chi connectivity index (χ3v) is 4.46. The molecule has 0 bridgehead atoms. The number of phenolic OH excluding ortho intramolecular Hbond substituents is 1. The second kappa shape index (κ2) is 6.66. The summed E-state index contributed by atoms with van der Waals surface area (Å²) in [5.41, 5.74) is 0.934. The molecule has 2 heterocycles. The number of methoxy groups -OCH3 is 1. The van der Waals surface area contributed by atoms with E-state index in [9.17, 15) is 9.90 Å². The highest BCUT2D eigenvalue weighted by molar-refractivity contribution is 9.10. The van der Waals surface area contributed by atoms with Crippen LogP contribution in [0.1, 0.15) is 11.3 Å². The predicted molar refractivity (Wildman–Crippen MR) is 95.3 cm³/mol. The molecular weight excluding hydrogens is 396 g/mol. The van der Waals surface area contributed by atoms with E-state index >= 15 is 0 Å². The number of nitrogens with zero attached hydrogens (tertiary/aromatic N) is 1. The van der Waals surface area contributed by atoms with Crippen molar-refractivity contribution in [3.8, 4) is 11.5 Å². The first kappa shape index (κ1) is 16.5. The topological polar surface area (TPSA) is 74.9 Å². The van der Waals surface area contributed by atoms with E-state index in [1.807, 2.05) is 0 Å². The predicted octanol–water partition coefficient (Wildman–Crippen LogP) is 3.01. The lowest BCUT2D eigenvalue weighted by Gasteiger charge is -2.11. The first-order valence-electron chi connectivity index (χ1n) is 6.93. The molecule has 1 fully saturated rings. The summed E-state index contributed by atoms with van der Waals surface area (Å²) in [6.07, 6.45) is 3.15. The summed E-state index contributed by atoms with van der Waals surface area (Å²) in [5, 5.41) is 13.1. The molecule has 24 heavy (non-hydrogen) atoms. The van der Waals surface area contributed by atoms with Crippen molar-refractivity contribution >= 4 is 45.2 Å². The molecule has 0 spiro atoms. The monoisotopic (exact) mass is 408 g/mol. The van der Waals surface area contributed by atoms with Crippen LogP contribution < -0.4 is 10.1 Å². The van der Waals surface area contributed by atoms with Crippen molar-refractivity contribution < 1.29 is 19.1 Å². The molecular formula is C16H13BrN2O4S. The summed E-state index contributed by atoms with van der Waals surface area (Å²) in [6, 6.07) is 6.65. The Morgan fingerprint density at radius 1 is 1.50 bits per heavy atom. The molecule has 1 saturated heterocycles. The van der Waals surface area contributed by atoms with Gasteiger partial charge in [-0.2, -0.15) is 0 Å². The minimum atomic E-state index is -0.265. The molecule has 3 rings (SSSR count). The lowest BCUT2D eigenvalue weighted by Crippen LogP contribution is -2.29. The summed E-state index contributed by atoms with van der Waals surface area (Å²) in [5.74, 6) is 0.688. The van der Waals surface area contributed by atoms with Crippen LogP contribution in [0.25, 0.3) is 6.08 Å². The molecule has 0 unspecified atom stereocenters. The van der Waals surface area contributed by atoms with Crippen LogP contribution in [0.15, 0.2) is 45.1 Å². The molecule has 0 saturated carbocycles. The number of ether oxygens (including phenoxy) is 1. The Balaban J connectivity index is 1.88. The number of rotatable bonds is 4. The number of phenols is 1. The maximum Gasteiger partial charge on any atom is 0.276 e. The molecule has 0 radical (unpaired) electrons. The van der Waals surface area contributed by atoms with Crippen LogP contribution in [-0.4, -0.2) is 28.1 Å². The molecule has 8 heteroatoms. The van der Waals surface area contributed by atoms with Crippen molar-refractivity contribution in [2.24, 2.45) is 0 Å². The van der Waals surface area contributed by atoms with Gasteiger partial charge in [-0.05, 0) is 48.1 Å². The molecule has 1 aliphatic heterocycles. The fourth-order valence-corrected chi connectivity index (χ4v) is 2.96. The number of nitrogens with one attached hydrogen (secondary N) is 1. The minimum Gasteiger partial charge on any atom is -0.504 e. The van der Waals surface area contributed by atoms with Crippen LogP contribution in [0.5, 0.6) is 11.5 Å². The zero-order chi connectivity index (χ0) is 17.3. The van der Waals surface area contributed by atoms with Gasteiger partial charge in [-0.3, -0.25) is 9.69 Å². The van der Waals surface area contributed by atoms with Crippen molar-refractivity contribution in [3.63, 3.8) is 0 Å². The SMILES string of the molecule is COc1cc(Br)c(C=C2NC(=S)N(Cc3ccco3)C2=O)cc1O. The van der Waals surface area contributed by atoms with E-state index < -0.39 is 0 Å². The summed E-state index contributed by atoms with van der Waals surface area (Å²) in [6.45, 7) is 0.254. The van der Waals surface area contributed by atoms with Crippen molar-refractivity contribution in [2.75, 3.05) is 7.11 Å². The molecule has 6 nitrogen and oxygen atoms in total. The molecule has 0 atom stereocenters. The second-order valence-corrected chi connectivity index (χ2v) is 6.25. The van der Waals surface area contributed by atoms with Crippen LogP contribution in [0.3, 0.4) is 0 Å². The van der Waals surface area contributed by atoms with Gasteiger partial charge in [0.2, 0.25) is 0 Å². The van der Waals surface area contributed by atoms with Crippen LogP contribution in [-0.2, 0) is 11.3 Å². The van der Waals surface area contributed by atoms with Gasteiger partial charge in [0.05, 0.1) is 19.9 Å². The van der Waals surface area contributed by atoms with Gasteiger partial charge in [-0.25, -0.2) is 0 Å². The number of carbonyl (C=O) groups is 1. The summed E-state index contributed by atoms with van der Waals surface area (Å²) >= 11 is 8.60. The Labute approximate surface area is 151 Å². The van der Waals surface area contributed by atoms with Crippen molar-refractivity contribution in [3.05, 3.63) is 52.0 Å². The minimum absolute atomic E-state index is 0.0204. The third-order valence-electron chi connectivity index (χ3n) is 3.45. The van der Waals surface area contributed by atoms with E-state index in [0.29, 0.717) is 32.4 Å². The molecule has 2 aromatic rings. The number of carbonyl (C=O) groups excluding carboxylic acids is 1. The van der Waals surface area contributed by atoms with Crippen LogP contribution in [0, 0.1) is 0 Å². The van der Waals surface area contributed by atoms with Crippen LogP contribution >= 0.6 is 28.1 Å². The summed E-state index contributed by atoms with van der Waals surface area (Å²) in [4.78, 5) is 13.9. The molecule has 124 valence electrons. The number of benzene rings is 1. The Hall–Kier alpha value is -2.32. The van der Waals surface area contributed by atoms with E-state index in [2.05, 4.69) is 21.2 Å². The maximum absolute atomic E-state index is 12.5. The summed E-state index contributed by atoms with van der Waals surface area (Å²) in [7, 11) is 1.46. The summed E-state index contributed by atoms with van der Waals surface area (Å²) < 4.78 is 11.0. The highest BCUT2D eigenvalue weighted by Crippen LogP contribution is 2.33. The van der Waals surface area contributed by atoms with Crippen molar-refractivity contribution in [1.29, 1.82) is 0 Å². The largest absolute Gasteiger partial charge is 0.504 e. The van der Waals surface area contributed by atoms with Gasteiger partial charge >= 0.3 is 0 Å². The maximum atomic E-state index is 12.5. The fraction of sp³-hybridized carbons (Fsp3) is 0.125. The number of hydrogen-bond acceptors (Lipinski definition) is 5. The quantitative estimate of drug-likeness (QED) is 0.598. The van der Waals surface area contributed by atoms with Gasteiger partial charge in [0.15, 0.2) is 16.6 Å². The van der Waals surface area contributed by atoms with Gasteiger partial charge < -0.3 is 19.6 Å². The number of aromatic hydroxyl groups is 1. The van der Waals surface area contributed by atoms with E-state index in [0.717, 1.165) is 0 Å². The van der Waals surface area contributed by atoms with Crippen molar-refractivity contribution in [1.82, 2.24) is 10.2 Å². The Bertz CT molecular complexity index is 833. The van der Waals surface area contributed by atoms with Crippen LogP contribution in [0.2, 0.25) is 0 Å². The zero-order valence-electron chi connectivity index (χ0n) is 12.6. The Kier molecular flexibility index (Phi) is 4.59. The van der Waals surface area contributed by atoms with E-state index in [1.54, 1.807) is 30.5 Å². The average Bonchev–Trinajstić information content (AvgIpc) is 3.15. The number of amides is 1. The average molecular weight is 409 g/mol. The normalized spacial score (nSPS) is 15.9. The van der Waals surface area contributed by atoms with Crippen molar-refractivity contribution in [2.45, 2.75) is 6.54 Å². The molecule has 1 aromatic carbocycles. The number of furan rings is 1. The molecule has 2 N–H and O–H groups in total. The fourth-order valence-electron chi connectivity index (χ4n) is 2.26.